The Bertz CT molecular complexity index is 645. The zero-order valence-electron chi connectivity index (χ0n) is 11.6. The highest BCUT2D eigenvalue weighted by molar-refractivity contribution is 6.30. The molecule has 1 amide bonds. The van der Waals surface area contributed by atoms with Gasteiger partial charge >= 0.3 is 0 Å². The fraction of sp³-hybridized carbons (Fsp3) is 0.438. The Morgan fingerprint density at radius 3 is 3.00 bits per heavy atom. The number of halogens is 1. The van der Waals surface area contributed by atoms with Gasteiger partial charge in [0.1, 0.15) is 5.38 Å². The molecule has 1 aliphatic rings. The molecule has 0 saturated carbocycles. The quantitative estimate of drug-likeness (QED) is 0.837. The van der Waals surface area contributed by atoms with Gasteiger partial charge in [0.15, 0.2) is 0 Å². The van der Waals surface area contributed by atoms with Crippen LogP contribution in [0.25, 0.3) is 10.9 Å². The number of hydrogen-bond donors (Lipinski definition) is 2. The smallest absolute Gasteiger partial charge is 0.238 e. The molecule has 0 saturated heterocycles. The molecule has 0 fully saturated rings. The van der Waals surface area contributed by atoms with Crippen LogP contribution in [0.15, 0.2) is 18.2 Å². The summed E-state index contributed by atoms with van der Waals surface area (Å²) < 4.78 is 0. The number of aromatic nitrogens is 1. The lowest BCUT2D eigenvalue weighted by Gasteiger charge is -2.11. The molecule has 2 aromatic rings. The number of aryl methyl sites for hydroxylation is 2. The summed E-state index contributed by atoms with van der Waals surface area (Å²) in [7, 11) is 0. The summed E-state index contributed by atoms with van der Waals surface area (Å²) >= 11 is 5.75. The van der Waals surface area contributed by atoms with Crippen molar-refractivity contribution in [1.82, 2.24) is 10.3 Å². The van der Waals surface area contributed by atoms with Gasteiger partial charge in [0.25, 0.3) is 0 Å². The molecule has 20 heavy (non-hydrogen) atoms. The highest BCUT2D eigenvalue weighted by atomic mass is 35.5. The standard InChI is InChI=1S/C16H19ClN2O/c1-10(17)16(20)18-9-11-6-7-15-13(8-11)12-4-2-3-5-14(12)19-15/h6-8,10,19H,2-5,9H2,1H3,(H,18,20)/t10-/m0/s1. The zero-order chi connectivity index (χ0) is 14.1. The van der Waals surface area contributed by atoms with Gasteiger partial charge < -0.3 is 10.3 Å². The van der Waals surface area contributed by atoms with E-state index in [1.54, 1.807) is 6.92 Å². The van der Waals surface area contributed by atoms with Crippen molar-refractivity contribution in [3.05, 3.63) is 35.0 Å². The van der Waals surface area contributed by atoms with E-state index in [-0.39, 0.29) is 5.91 Å². The van der Waals surface area contributed by atoms with Crippen LogP contribution < -0.4 is 5.32 Å². The molecular weight excluding hydrogens is 272 g/mol. The number of benzene rings is 1. The van der Waals surface area contributed by atoms with Crippen LogP contribution in [0.5, 0.6) is 0 Å². The molecule has 0 bridgehead atoms. The minimum Gasteiger partial charge on any atom is -0.358 e. The molecule has 0 spiro atoms. The number of amides is 1. The summed E-state index contributed by atoms with van der Waals surface area (Å²) in [6.07, 6.45) is 4.85. The van der Waals surface area contributed by atoms with E-state index in [1.807, 2.05) is 0 Å². The highest BCUT2D eigenvalue weighted by Crippen LogP contribution is 2.29. The van der Waals surface area contributed by atoms with Crippen molar-refractivity contribution in [2.75, 3.05) is 0 Å². The van der Waals surface area contributed by atoms with Crippen molar-refractivity contribution >= 4 is 28.4 Å². The van der Waals surface area contributed by atoms with Gasteiger partial charge in [-0.2, -0.15) is 0 Å². The lowest BCUT2D eigenvalue weighted by molar-refractivity contribution is -0.120. The topological polar surface area (TPSA) is 44.9 Å². The Kier molecular flexibility index (Phi) is 3.70. The number of carbonyl (C=O) groups excluding carboxylic acids is 1. The van der Waals surface area contributed by atoms with Crippen LogP contribution in [0, 0.1) is 0 Å². The Balaban J connectivity index is 1.84. The van der Waals surface area contributed by atoms with Gasteiger partial charge in [-0.25, -0.2) is 0 Å². The lowest BCUT2D eigenvalue weighted by atomic mass is 9.95. The summed E-state index contributed by atoms with van der Waals surface area (Å²) in [6, 6.07) is 6.36. The van der Waals surface area contributed by atoms with E-state index >= 15 is 0 Å². The normalized spacial score (nSPS) is 15.9. The number of carbonyl (C=O) groups is 1. The fourth-order valence-electron chi connectivity index (χ4n) is 2.89. The summed E-state index contributed by atoms with van der Waals surface area (Å²) in [6.45, 7) is 2.22. The molecule has 3 nitrogen and oxygen atoms in total. The average Bonchev–Trinajstić information content (AvgIpc) is 2.82. The van der Waals surface area contributed by atoms with Gasteiger partial charge in [0, 0.05) is 23.1 Å². The first kappa shape index (κ1) is 13.5. The molecule has 1 aromatic carbocycles. The second-order valence-electron chi connectivity index (χ2n) is 5.50. The van der Waals surface area contributed by atoms with E-state index in [2.05, 4.69) is 28.5 Å². The maximum atomic E-state index is 11.5. The fourth-order valence-corrected chi connectivity index (χ4v) is 2.97. The first-order valence-electron chi connectivity index (χ1n) is 7.19. The second kappa shape index (κ2) is 5.49. The van der Waals surface area contributed by atoms with E-state index in [4.69, 9.17) is 11.6 Å². The number of rotatable bonds is 3. The first-order valence-corrected chi connectivity index (χ1v) is 7.63. The van der Waals surface area contributed by atoms with Crippen molar-refractivity contribution in [3.63, 3.8) is 0 Å². The number of alkyl halides is 1. The Hall–Kier alpha value is -1.48. The molecule has 106 valence electrons. The molecular formula is C16H19ClN2O. The molecule has 4 heteroatoms. The largest absolute Gasteiger partial charge is 0.358 e. The van der Waals surface area contributed by atoms with Crippen LogP contribution in [-0.4, -0.2) is 16.3 Å². The number of fused-ring (bicyclic) bond motifs is 3. The van der Waals surface area contributed by atoms with Gasteiger partial charge in [-0.05, 0) is 55.9 Å². The average molecular weight is 291 g/mol. The van der Waals surface area contributed by atoms with E-state index < -0.39 is 5.38 Å². The van der Waals surface area contributed by atoms with Crippen LogP contribution in [0.1, 0.15) is 36.6 Å². The number of aromatic amines is 1. The monoisotopic (exact) mass is 290 g/mol. The van der Waals surface area contributed by atoms with Crippen molar-refractivity contribution in [2.45, 2.75) is 44.5 Å². The number of H-pyrrole nitrogens is 1. The lowest BCUT2D eigenvalue weighted by Crippen LogP contribution is -2.28. The molecule has 2 N–H and O–H groups in total. The summed E-state index contributed by atoms with van der Waals surface area (Å²) in [5, 5.41) is 3.68. The predicted octanol–water partition coefficient (Wildman–Crippen LogP) is 3.29. The van der Waals surface area contributed by atoms with Crippen molar-refractivity contribution in [1.29, 1.82) is 0 Å². The summed E-state index contributed by atoms with van der Waals surface area (Å²) in [5.74, 6) is -0.122. The molecule has 1 atom stereocenters. The molecule has 0 unspecified atom stereocenters. The maximum absolute atomic E-state index is 11.5. The Labute approximate surface area is 123 Å². The Morgan fingerprint density at radius 1 is 1.40 bits per heavy atom. The Morgan fingerprint density at radius 2 is 2.20 bits per heavy atom. The van der Waals surface area contributed by atoms with Gasteiger partial charge in [-0.15, -0.1) is 11.6 Å². The molecule has 1 heterocycles. The van der Waals surface area contributed by atoms with Crippen molar-refractivity contribution in [2.24, 2.45) is 0 Å². The molecule has 3 rings (SSSR count). The third-order valence-corrected chi connectivity index (χ3v) is 4.19. The summed E-state index contributed by atoms with van der Waals surface area (Å²) in [4.78, 5) is 15.0. The van der Waals surface area contributed by atoms with E-state index in [9.17, 15) is 4.79 Å². The van der Waals surface area contributed by atoms with Crippen LogP contribution >= 0.6 is 11.6 Å². The number of nitrogens with one attached hydrogen (secondary N) is 2. The molecule has 0 radical (unpaired) electrons. The predicted molar refractivity (Wildman–Crippen MR) is 82.1 cm³/mol. The SMILES string of the molecule is C[C@H](Cl)C(=O)NCc1ccc2[nH]c3c(c2c1)CCCC3. The van der Waals surface area contributed by atoms with E-state index in [0.29, 0.717) is 6.54 Å². The minimum absolute atomic E-state index is 0.122. The van der Waals surface area contributed by atoms with Crippen LogP contribution in [0.3, 0.4) is 0 Å². The highest BCUT2D eigenvalue weighted by Gasteiger charge is 2.15. The molecule has 1 aromatic heterocycles. The zero-order valence-corrected chi connectivity index (χ0v) is 12.4. The van der Waals surface area contributed by atoms with Crippen molar-refractivity contribution in [3.8, 4) is 0 Å². The van der Waals surface area contributed by atoms with Gasteiger partial charge in [-0.1, -0.05) is 6.07 Å². The first-order chi connectivity index (χ1) is 9.65. The molecule has 0 aliphatic heterocycles. The maximum Gasteiger partial charge on any atom is 0.238 e. The third kappa shape index (κ3) is 2.55. The minimum atomic E-state index is -0.487. The number of hydrogen-bond acceptors (Lipinski definition) is 1. The van der Waals surface area contributed by atoms with Crippen LogP contribution in [-0.2, 0) is 24.2 Å². The van der Waals surface area contributed by atoms with Gasteiger partial charge in [0.2, 0.25) is 5.91 Å². The van der Waals surface area contributed by atoms with E-state index in [0.717, 1.165) is 18.4 Å². The molecule has 1 aliphatic carbocycles. The second-order valence-corrected chi connectivity index (χ2v) is 6.16. The van der Waals surface area contributed by atoms with E-state index in [1.165, 1.54) is 35.0 Å². The van der Waals surface area contributed by atoms with Crippen LogP contribution in [0.4, 0.5) is 0 Å². The van der Waals surface area contributed by atoms with Gasteiger partial charge in [-0.3, -0.25) is 4.79 Å². The third-order valence-electron chi connectivity index (χ3n) is 3.99. The summed E-state index contributed by atoms with van der Waals surface area (Å²) in [5.41, 5.74) is 5.18. The van der Waals surface area contributed by atoms with Gasteiger partial charge in [0.05, 0.1) is 0 Å². The van der Waals surface area contributed by atoms with Crippen LogP contribution in [0.2, 0.25) is 0 Å². The van der Waals surface area contributed by atoms with Crippen molar-refractivity contribution < 1.29 is 4.79 Å².